The number of hydrogen-bond acceptors (Lipinski definition) is 1. The van der Waals surface area contributed by atoms with E-state index in [4.69, 9.17) is 0 Å². The summed E-state index contributed by atoms with van der Waals surface area (Å²) in [5.74, 6) is 0. The minimum absolute atomic E-state index is 0.198. The summed E-state index contributed by atoms with van der Waals surface area (Å²) in [6, 6.07) is 6.56. The number of hydrogen-bond donors (Lipinski definition) is 1. The van der Waals surface area contributed by atoms with Crippen molar-refractivity contribution in [1.82, 2.24) is 9.88 Å². The van der Waals surface area contributed by atoms with Crippen molar-refractivity contribution in [3.05, 3.63) is 33.9 Å². The third-order valence-electron chi connectivity index (χ3n) is 3.75. The largest absolute Gasteiger partial charge is 0.346 e. The van der Waals surface area contributed by atoms with Gasteiger partial charge in [0.1, 0.15) is 0 Å². The highest BCUT2D eigenvalue weighted by molar-refractivity contribution is 9.10. The van der Waals surface area contributed by atoms with Gasteiger partial charge in [-0.05, 0) is 44.0 Å². The van der Waals surface area contributed by atoms with Crippen molar-refractivity contribution in [2.45, 2.75) is 32.4 Å². The minimum atomic E-state index is 0.198. The molecule has 1 N–H and O–H groups in total. The van der Waals surface area contributed by atoms with Crippen molar-refractivity contribution in [2.75, 3.05) is 0 Å². The predicted molar refractivity (Wildman–Crippen MR) is 75.2 cm³/mol. The first-order valence-corrected chi connectivity index (χ1v) is 6.78. The highest BCUT2D eigenvalue weighted by Gasteiger charge is 2.28. The van der Waals surface area contributed by atoms with Crippen LogP contribution in [0.3, 0.4) is 0 Å². The van der Waals surface area contributed by atoms with E-state index in [0.29, 0.717) is 0 Å². The van der Waals surface area contributed by atoms with Crippen LogP contribution in [0, 0.1) is 0 Å². The molecule has 0 bridgehead atoms. The van der Waals surface area contributed by atoms with Crippen molar-refractivity contribution in [1.29, 1.82) is 0 Å². The Morgan fingerprint density at radius 1 is 1.35 bits per heavy atom. The van der Waals surface area contributed by atoms with Gasteiger partial charge in [-0.15, -0.1) is 0 Å². The summed E-state index contributed by atoms with van der Waals surface area (Å²) in [6.45, 7) is 5.50. The molecule has 0 saturated heterocycles. The third-order valence-corrected chi connectivity index (χ3v) is 4.24. The van der Waals surface area contributed by atoms with Gasteiger partial charge in [-0.3, -0.25) is 0 Å². The van der Waals surface area contributed by atoms with Crippen LogP contribution in [0.5, 0.6) is 0 Å². The third kappa shape index (κ3) is 1.72. The number of nitrogens with one attached hydrogen (secondary N) is 1. The first kappa shape index (κ1) is 11.3. The lowest BCUT2D eigenvalue weighted by Gasteiger charge is -2.31. The molecule has 1 aliphatic heterocycles. The van der Waals surface area contributed by atoms with Crippen LogP contribution in [0.2, 0.25) is 0 Å². The number of benzene rings is 1. The lowest BCUT2D eigenvalue weighted by molar-refractivity contribution is 0.357. The number of aromatic nitrogens is 1. The fourth-order valence-electron chi connectivity index (χ4n) is 2.80. The quantitative estimate of drug-likeness (QED) is 0.788. The molecule has 2 aromatic rings. The summed E-state index contributed by atoms with van der Waals surface area (Å²) in [6.07, 6.45) is 1.09. The smallest absolute Gasteiger partial charge is 0.0483 e. The monoisotopic (exact) mass is 292 g/mol. The minimum Gasteiger partial charge on any atom is -0.346 e. The average Bonchev–Trinajstić information content (AvgIpc) is 2.51. The molecule has 0 amide bonds. The molecule has 1 aromatic heterocycles. The molecule has 1 aliphatic rings. The summed E-state index contributed by atoms with van der Waals surface area (Å²) in [4.78, 5) is 0. The predicted octanol–water partition coefficient (Wildman–Crippen LogP) is 3.37. The molecule has 0 aliphatic carbocycles. The molecule has 1 aromatic carbocycles. The van der Waals surface area contributed by atoms with Crippen LogP contribution in [-0.2, 0) is 20.0 Å². The first-order valence-electron chi connectivity index (χ1n) is 5.99. The van der Waals surface area contributed by atoms with Gasteiger partial charge in [0.05, 0.1) is 0 Å². The van der Waals surface area contributed by atoms with Gasteiger partial charge in [-0.25, -0.2) is 0 Å². The molecule has 3 heteroatoms. The second kappa shape index (κ2) is 3.59. The van der Waals surface area contributed by atoms with Crippen molar-refractivity contribution in [3.63, 3.8) is 0 Å². The Morgan fingerprint density at radius 2 is 2.12 bits per heavy atom. The van der Waals surface area contributed by atoms with Crippen LogP contribution >= 0.6 is 15.9 Å². The van der Waals surface area contributed by atoms with Gasteiger partial charge in [0, 0.05) is 40.2 Å². The van der Waals surface area contributed by atoms with Gasteiger partial charge in [-0.1, -0.05) is 15.9 Å². The van der Waals surface area contributed by atoms with Crippen molar-refractivity contribution in [2.24, 2.45) is 7.05 Å². The van der Waals surface area contributed by atoms with E-state index in [1.54, 1.807) is 0 Å². The fraction of sp³-hybridized carbons (Fsp3) is 0.429. The number of rotatable bonds is 0. The normalized spacial score (nSPS) is 18.4. The molecule has 0 fully saturated rings. The summed E-state index contributed by atoms with van der Waals surface area (Å²) in [7, 11) is 2.16. The zero-order chi connectivity index (χ0) is 12.2. The molecule has 0 atom stereocenters. The molecule has 17 heavy (non-hydrogen) atoms. The number of nitrogens with zero attached hydrogens (tertiary/aromatic N) is 1. The van der Waals surface area contributed by atoms with Crippen LogP contribution in [0.1, 0.15) is 25.1 Å². The van der Waals surface area contributed by atoms with Gasteiger partial charge >= 0.3 is 0 Å². The van der Waals surface area contributed by atoms with Crippen LogP contribution < -0.4 is 5.32 Å². The highest BCUT2D eigenvalue weighted by Crippen LogP contribution is 2.33. The SMILES string of the molecule is Cn1c2c(c3cc(Br)ccc31)CC(C)(C)NC2. The Kier molecular flexibility index (Phi) is 2.39. The van der Waals surface area contributed by atoms with Crippen LogP contribution in [0.25, 0.3) is 10.9 Å². The molecule has 0 saturated carbocycles. The van der Waals surface area contributed by atoms with E-state index in [1.165, 1.54) is 22.2 Å². The average molecular weight is 293 g/mol. The van der Waals surface area contributed by atoms with Gasteiger partial charge in [0.2, 0.25) is 0 Å². The summed E-state index contributed by atoms with van der Waals surface area (Å²) in [5.41, 5.74) is 4.46. The molecule has 0 spiro atoms. The van der Waals surface area contributed by atoms with Gasteiger partial charge in [-0.2, -0.15) is 0 Å². The molecule has 3 rings (SSSR count). The molecule has 2 nitrogen and oxygen atoms in total. The van der Waals surface area contributed by atoms with Crippen LogP contribution in [-0.4, -0.2) is 10.1 Å². The second-order valence-corrected chi connectivity index (χ2v) is 6.48. The maximum atomic E-state index is 3.60. The highest BCUT2D eigenvalue weighted by atomic mass is 79.9. The van der Waals surface area contributed by atoms with E-state index < -0.39 is 0 Å². The van der Waals surface area contributed by atoms with Gasteiger partial charge in [0.25, 0.3) is 0 Å². The zero-order valence-corrected chi connectivity index (χ0v) is 12.1. The molecular formula is C14H17BrN2. The van der Waals surface area contributed by atoms with E-state index in [0.717, 1.165) is 17.4 Å². The molecule has 0 radical (unpaired) electrons. The summed E-state index contributed by atoms with van der Waals surface area (Å²) in [5, 5.41) is 4.99. The Balaban J connectivity index is 2.30. The Morgan fingerprint density at radius 3 is 2.88 bits per heavy atom. The number of halogens is 1. The van der Waals surface area contributed by atoms with Gasteiger partial charge in [0.15, 0.2) is 0 Å². The van der Waals surface area contributed by atoms with Gasteiger partial charge < -0.3 is 9.88 Å². The van der Waals surface area contributed by atoms with E-state index in [1.807, 2.05) is 0 Å². The number of fused-ring (bicyclic) bond motifs is 3. The van der Waals surface area contributed by atoms with Crippen molar-refractivity contribution >= 4 is 26.8 Å². The maximum Gasteiger partial charge on any atom is 0.0483 e. The fourth-order valence-corrected chi connectivity index (χ4v) is 3.16. The summed E-state index contributed by atoms with van der Waals surface area (Å²) >= 11 is 3.57. The molecule has 2 heterocycles. The van der Waals surface area contributed by atoms with E-state index in [2.05, 4.69) is 64.9 Å². The lowest BCUT2D eigenvalue weighted by atomic mass is 9.89. The second-order valence-electron chi connectivity index (χ2n) is 5.56. The molecule has 0 unspecified atom stereocenters. The topological polar surface area (TPSA) is 17.0 Å². The molecular weight excluding hydrogens is 276 g/mol. The lowest BCUT2D eigenvalue weighted by Crippen LogP contribution is -2.44. The summed E-state index contributed by atoms with van der Waals surface area (Å²) < 4.78 is 3.48. The van der Waals surface area contributed by atoms with E-state index in [9.17, 15) is 0 Å². The molecule has 90 valence electrons. The Bertz CT molecular complexity index is 596. The van der Waals surface area contributed by atoms with Crippen LogP contribution in [0.4, 0.5) is 0 Å². The number of aryl methyl sites for hydroxylation is 1. The van der Waals surface area contributed by atoms with Crippen LogP contribution in [0.15, 0.2) is 22.7 Å². The van der Waals surface area contributed by atoms with Crippen molar-refractivity contribution < 1.29 is 0 Å². The van der Waals surface area contributed by atoms with Crippen molar-refractivity contribution in [3.8, 4) is 0 Å². The first-order chi connectivity index (χ1) is 7.98. The Labute approximate surface area is 110 Å². The maximum absolute atomic E-state index is 3.60. The van der Waals surface area contributed by atoms with E-state index >= 15 is 0 Å². The Hall–Kier alpha value is -0.800. The standard InChI is InChI=1S/C14H17BrN2/c1-14(2)7-11-10-6-9(15)4-5-12(10)17(3)13(11)8-16-14/h4-6,16H,7-8H2,1-3H3. The van der Waals surface area contributed by atoms with E-state index in [-0.39, 0.29) is 5.54 Å². The zero-order valence-electron chi connectivity index (χ0n) is 10.5.